The minimum atomic E-state index is -4.09. The summed E-state index contributed by atoms with van der Waals surface area (Å²) in [6, 6.07) is 2.64. The minimum absolute atomic E-state index is 0.0819. The normalized spacial score (nSPS) is 15.0. The summed E-state index contributed by atoms with van der Waals surface area (Å²) >= 11 is 0. The number of anilines is 1. The molecule has 1 aromatic rings. The Labute approximate surface area is 118 Å². The van der Waals surface area contributed by atoms with Gasteiger partial charge < -0.3 is 9.47 Å². The molecule has 1 saturated heterocycles. The number of halogens is 3. The third-order valence-electron chi connectivity index (χ3n) is 2.90. The molecule has 1 heterocycles. The summed E-state index contributed by atoms with van der Waals surface area (Å²) in [5.74, 6) is -7.22. The molecule has 114 valence electrons. The Morgan fingerprint density at radius 1 is 1.48 bits per heavy atom. The van der Waals surface area contributed by atoms with Crippen molar-refractivity contribution in [3.05, 3.63) is 29.6 Å². The summed E-state index contributed by atoms with van der Waals surface area (Å²) in [6.07, 6.45) is -0.681. The summed E-state index contributed by atoms with van der Waals surface area (Å²) in [6.45, 7) is 1.47. The molecule has 2 rings (SSSR count). The zero-order valence-corrected chi connectivity index (χ0v) is 11.1. The van der Waals surface area contributed by atoms with Gasteiger partial charge in [-0.15, -0.1) is 0 Å². The van der Waals surface area contributed by atoms with Crippen LogP contribution in [0.2, 0.25) is 0 Å². The molecule has 0 unspecified atom stereocenters. The molecular weight excluding hydrogens is 291 g/mol. The van der Waals surface area contributed by atoms with E-state index in [1.54, 1.807) is 0 Å². The number of amides is 1. The zero-order valence-electron chi connectivity index (χ0n) is 11.1. The smallest absolute Gasteiger partial charge is 0.414 e. The lowest BCUT2D eigenvalue weighted by Crippen LogP contribution is -2.30. The van der Waals surface area contributed by atoms with E-state index in [-0.39, 0.29) is 25.4 Å². The minimum Gasteiger partial charge on any atom is -0.461 e. The van der Waals surface area contributed by atoms with Crippen molar-refractivity contribution in [2.45, 2.75) is 12.8 Å². The van der Waals surface area contributed by atoms with Crippen LogP contribution in [0.25, 0.3) is 0 Å². The third-order valence-corrected chi connectivity index (χ3v) is 2.90. The standard InChI is InChI=1S/C13H12F3NO4/c1-2-20-11(18)13(15,16)9-4-3-8(7-10(9)14)17-5-6-21-12(17)19/h3-4,7H,2,5-6H2,1H3. The molecule has 21 heavy (non-hydrogen) atoms. The maximum atomic E-state index is 13.9. The Bertz CT molecular complexity index is 577. The molecule has 1 aliphatic rings. The Hall–Kier alpha value is -2.25. The van der Waals surface area contributed by atoms with E-state index < -0.39 is 29.4 Å². The lowest BCUT2D eigenvalue weighted by Gasteiger charge is -2.18. The van der Waals surface area contributed by atoms with Crippen molar-refractivity contribution in [1.29, 1.82) is 0 Å². The van der Waals surface area contributed by atoms with Crippen LogP contribution in [-0.2, 0) is 20.2 Å². The number of nitrogens with zero attached hydrogens (tertiary/aromatic N) is 1. The topological polar surface area (TPSA) is 55.8 Å². The molecule has 0 spiro atoms. The first-order chi connectivity index (χ1) is 9.87. The van der Waals surface area contributed by atoms with Crippen molar-refractivity contribution in [2.75, 3.05) is 24.7 Å². The molecule has 0 saturated carbocycles. The van der Waals surface area contributed by atoms with E-state index in [0.29, 0.717) is 0 Å². The van der Waals surface area contributed by atoms with Crippen molar-refractivity contribution in [2.24, 2.45) is 0 Å². The fourth-order valence-electron chi connectivity index (χ4n) is 1.89. The van der Waals surface area contributed by atoms with E-state index in [1.165, 1.54) is 6.92 Å². The first-order valence-corrected chi connectivity index (χ1v) is 6.17. The quantitative estimate of drug-likeness (QED) is 0.802. The van der Waals surface area contributed by atoms with Gasteiger partial charge in [0, 0.05) is 0 Å². The summed E-state index contributed by atoms with van der Waals surface area (Å²) in [7, 11) is 0. The van der Waals surface area contributed by atoms with E-state index in [9.17, 15) is 22.8 Å². The van der Waals surface area contributed by atoms with Crippen LogP contribution >= 0.6 is 0 Å². The molecule has 0 radical (unpaired) electrons. The number of carbonyl (C=O) groups is 2. The molecular formula is C13H12F3NO4. The average Bonchev–Trinajstić information content (AvgIpc) is 2.84. The number of benzene rings is 1. The summed E-state index contributed by atoms with van der Waals surface area (Å²) in [4.78, 5) is 23.6. The largest absolute Gasteiger partial charge is 0.461 e. The highest BCUT2D eigenvalue weighted by atomic mass is 19.3. The first-order valence-electron chi connectivity index (χ1n) is 6.17. The predicted octanol–water partition coefficient (Wildman–Crippen LogP) is 2.44. The Morgan fingerprint density at radius 2 is 2.19 bits per heavy atom. The Kier molecular flexibility index (Phi) is 4.06. The van der Waals surface area contributed by atoms with Gasteiger partial charge in [-0.3, -0.25) is 4.90 Å². The lowest BCUT2D eigenvalue weighted by molar-refractivity contribution is -0.173. The SMILES string of the molecule is CCOC(=O)C(F)(F)c1ccc(N2CCOC2=O)cc1F. The molecule has 1 aromatic carbocycles. The van der Waals surface area contributed by atoms with Crippen molar-refractivity contribution in [3.8, 4) is 0 Å². The van der Waals surface area contributed by atoms with Crippen LogP contribution < -0.4 is 4.90 Å². The molecule has 1 aliphatic heterocycles. The van der Waals surface area contributed by atoms with Gasteiger partial charge in [0.25, 0.3) is 0 Å². The van der Waals surface area contributed by atoms with Gasteiger partial charge in [0.2, 0.25) is 0 Å². The van der Waals surface area contributed by atoms with E-state index >= 15 is 0 Å². The summed E-state index contributed by atoms with van der Waals surface area (Å²) in [5.41, 5.74) is -1.02. The van der Waals surface area contributed by atoms with Crippen LogP contribution in [0.1, 0.15) is 12.5 Å². The van der Waals surface area contributed by atoms with Gasteiger partial charge in [-0.05, 0) is 25.1 Å². The van der Waals surface area contributed by atoms with Crippen molar-refractivity contribution in [3.63, 3.8) is 0 Å². The molecule has 5 nitrogen and oxygen atoms in total. The van der Waals surface area contributed by atoms with Gasteiger partial charge in [0.15, 0.2) is 0 Å². The fraction of sp³-hybridized carbons (Fsp3) is 0.385. The van der Waals surface area contributed by atoms with Gasteiger partial charge in [-0.25, -0.2) is 14.0 Å². The third kappa shape index (κ3) is 2.79. The van der Waals surface area contributed by atoms with Crippen LogP contribution in [0.4, 0.5) is 23.7 Å². The second-order valence-electron chi connectivity index (χ2n) is 4.23. The fourth-order valence-corrected chi connectivity index (χ4v) is 1.89. The number of hydrogen-bond acceptors (Lipinski definition) is 4. The van der Waals surface area contributed by atoms with Gasteiger partial charge in [-0.2, -0.15) is 8.78 Å². The second kappa shape index (κ2) is 5.63. The highest BCUT2D eigenvalue weighted by Gasteiger charge is 2.45. The number of rotatable bonds is 4. The van der Waals surface area contributed by atoms with Crippen molar-refractivity contribution >= 4 is 17.7 Å². The number of hydrogen-bond donors (Lipinski definition) is 0. The van der Waals surface area contributed by atoms with Crippen molar-refractivity contribution < 1.29 is 32.2 Å². The molecule has 0 bridgehead atoms. The van der Waals surface area contributed by atoms with Gasteiger partial charge in [-0.1, -0.05) is 0 Å². The first kappa shape index (κ1) is 15.1. The molecule has 1 fully saturated rings. The van der Waals surface area contributed by atoms with E-state index in [2.05, 4.69) is 9.47 Å². The Morgan fingerprint density at radius 3 is 2.71 bits per heavy atom. The van der Waals surface area contributed by atoms with Crippen LogP contribution in [0, 0.1) is 5.82 Å². The van der Waals surface area contributed by atoms with Crippen LogP contribution in [-0.4, -0.2) is 31.8 Å². The molecule has 1 amide bonds. The van der Waals surface area contributed by atoms with Crippen LogP contribution in [0.15, 0.2) is 18.2 Å². The molecule has 0 aliphatic carbocycles. The summed E-state index contributed by atoms with van der Waals surface area (Å²) < 4.78 is 50.3. The number of alkyl halides is 2. The van der Waals surface area contributed by atoms with Gasteiger partial charge in [0.05, 0.1) is 24.4 Å². The predicted molar refractivity (Wildman–Crippen MR) is 65.6 cm³/mol. The lowest BCUT2D eigenvalue weighted by atomic mass is 10.1. The average molecular weight is 303 g/mol. The highest BCUT2D eigenvalue weighted by molar-refractivity contribution is 5.89. The van der Waals surface area contributed by atoms with E-state index in [0.717, 1.165) is 23.1 Å². The maximum absolute atomic E-state index is 13.9. The van der Waals surface area contributed by atoms with Gasteiger partial charge in [0.1, 0.15) is 12.4 Å². The van der Waals surface area contributed by atoms with Gasteiger partial charge >= 0.3 is 18.0 Å². The monoisotopic (exact) mass is 303 g/mol. The molecule has 0 atom stereocenters. The second-order valence-corrected chi connectivity index (χ2v) is 4.23. The van der Waals surface area contributed by atoms with Crippen molar-refractivity contribution in [1.82, 2.24) is 0 Å². The highest BCUT2D eigenvalue weighted by Crippen LogP contribution is 2.33. The van der Waals surface area contributed by atoms with E-state index in [4.69, 9.17) is 0 Å². The van der Waals surface area contributed by atoms with E-state index in [1.807, 2.05) is 0 Å². The number of cyclic esters (lactones) is 1. The molecule has 0 aromatic heterocycles. The Balaban J connectivity index is 2.31. The van der Waals surface area contributed by atoms with Crippen LogP contribution in [0.5, 0.6) is 0 Å². The molecule has 8 heteroatoms. The number of carbonyl (C=O) groups excluding carboxylic acids is 2. The summed E-state index contributed by atoms with van der Waals surface area (Å²) in [5, 5.41) is 0. The zero-order chi connectivity index (χ0) is 15.6. The van der Waals surface area contributed by atoms with Crippen LogP contribution in [0.3, 0.4) is 0 Å². The number of esters is 1. The maximum Gasteiger partial charge on any atom is 0.414 e. The number of ether oxygens (including phenoxy) is 2. The molecule has 0 N–H and O–H groups in total.